The van der Waals surface area contributed by atoms with Gasteiger partial charge in [0.25, 0.3) is 0 Å². The summed E-state index contributed by atoms with van der Waals surface area (Å²) in [5.74, 6) is 0.682. The van der Waals surface area contributed by atoms with Crippen molar-refractivity contribution >= 4 is 5.71 Å². The minimum absolute atomic E-state index is 0.434. The van der Waals surface area contributed by atoms with E-state index in [0.717, 1.165) is 18.4 Å². The molecular formula is C15H21NO. The second kappa shape index (κ2) is 5.35. The number of hydrogen-bond donors (Lipinski definition) is 0. The van der Waals surface area contributed by atoms with E-state index >= 15 is 0 Å². The predicted octanol–water partition coefficient (Wildman–Crippen LogP) is 4.22. The normalized spacial score (nSPS) is 24.3. The third kappa shape index (κ3) is 3.09. The van der Waals surface area contributed by atoms with E-state index in [4.69, 9.17) is 9.41 Å². The zero-order valence-corrected chi connectivity index (χ0v) is 10.9. The summed E-state index contributed by atoms with van der Waals surface area (Å²) in [6.45, 7) is 6.60. The Morgan fingerprint density at radius 3 is 3.00 bits per heavy atom. The van der Waals surface area contributed by atoms with Crippen LogP contribution in [0.3, 0.4) is 0 Å². The highest BCUT2D eigenvalue weighted by molar-refractivity contribution is 6.00. The number of hydrogen-bond acceptors (Lipinski definition) is 2. The molecular weight excluding hydrogens is 210 g/mol. The topological polar surface area (TPSA) is 25.5 Å². The van der Waals surface area contributed by atoms with Gasteiger partial charge in [-0.25, -0.2) is 0 Å². The summed E-state index contributed by atoms with van der Waals surface area (Å²) in [5, 5.41) is 0. The van der Waals surface area contributed by atoms with Crippen LogP contribution < -0.4 is 0 Å². The van der Waals surface area contributed by atoms with Gasteiger partial charge in [0.15, 0.2) is 0 Å². The Hall–Kier alpha value is -1.31. The average Bonchev–Trinajstić information content (AvgIpc) is 2.81. The van der Waals surface area contributed by atoms with E-state index in [9.17, 15) is 0 Å². The van der Waals surface area contributed by atoms with Crippen LogP contribution in [0.15, 0.2) is 39.7 Å². The Balaban J connectivity index is 2.14. The lowest BCUT2D eigenvalue weighted by Crippen LogP contribution is -2.24. The highest BCUT2D eigenvalue weighted by Gasteiger charge is 2.22. The maximum atomic E-state index is 5.14. The van der Waals surface area contributed by atoms with Crippen LogP contribution in [0.2, 0.25) is 0 Å². The van der Waals surface area contributed by atoms with Gasteiger partial charge in [-0.2, -0.15) is 0 Å². The summed E-state index contributed by atoms with van der Waals surface area (Å²) in [6.07, 6.45) is 9.18. The van der Waals surface area contributed by atoms with E-state index in [-0.39, 0.29) is 0 Å². The molecule has 2 heterocycles. The molecule has 0 radical (unpaired) electrons. The van der Waals surface area contributed by atoms with Gasteiger partial charge in [0.2, 0.25) is 0 Å². The first-order chi connectivity index (χ1) is 8.16. The van der Waals surface area contributed by atoms with Gasteiger partial charge >= 0.3 is 0 Å². The molecule has 0 saturated carbocycles. The molecule has 2 atom stereocenters. The molecule has 1 aliphatic heterocycles. The molecule has 0 aliphatic carbocycles. The first kappa shape index (κ1) is 12.2. The van der Waals surface area contributed by atoms with Gasteiger partial charge in [-0.15, -0.1) is 0 Å². The summed E-state index contributed by atoms with van der Waals surface area (Å²) < 4.78 is 5.14. The molecule has 0 unspecified atom stereocenters. The van der Waals surface area contributed by atoms with Crippen LogP contribution in [0, 0.1) is 5.92 Å². The van der Waals surface area contributed by atoms with Crippen LogP contribution in [-0.2, 0) is 0 Å². The largest absolute Gasteiger partial charge is 0.472 e. The van der Waals surface area contributed by atoms with Crippen LogP contribution in [-0.4, -0.2) is 11.8 Å². The van der Waals surface area contributed by atoms with Crippen molar-refractivity contribution in [2.45, 2.75) is 46.1 Å². The van der Waals surface area contributed by atoms with Gasteiger partial charge in [0.1, 0.15) is 0 Å². The molecule has 17 heavy (non-hydrogen) atoms. The molecule has 1 aromatic heterocycles. The Labute approximate surface area is 103 Å². The van der Waals surface area contributed by atoms with E-state index in [1.807, 2.05) is 6.07 Å². The molecule has 0 saturated heterocycles. The molecule has 1 aliphatic rings. The maximum absolute atomic E-state index is 5.14. The second-order valence-corrected chi connectivity index (χ2v) is 5.19. The Morgan fingerprint density at radius 1 is 1.53 bits per heavy atom. The SMILES string of the molecule is CC(C)=CC[C@@H]1N=C(c2ccoc2)CC[C@H]1C. The van der Waals surface area contributed by atoms with Gasteiger partial charge in [-0.05, 0) is 45.1 Å². The molecule has 1 aromatic rings. The molecule has 0 amide bonds. The molecule has 2 rings (SSSR count). The fraction of sp³-hybridized carbons (Fsp3) is 0.533. The van der Waals surface area contributed by atoms with Crippen molar-refractivity contribution in [2.75, 3.05) is 0 Å². The van der Waals surface area contributed by atoms with Crippen LogP contribution >= 0.6 is 0 Å². The predicted molar refractivity (Wildman–Crippen MR) is 71.5 cm³/mol. The van der Waals surface area contributed by atoms with Crippen molar-refractivity contribution in [3.8, 4) is 0 Å². The van der Waals surface area contributed by atoms with E-state index in [1.54, 1.807) is 12.5 Å². The van der Waals surface area contributed by atoms with E-state index in [1.165, 1.54) is 17.7 Å². The quantitative estimate of drug-likeness (QED) is 0.715. The van der Waals surface area contributed by atoms with Crippen LogP contribution in [0.4, 0.5) is 0 Å². The molecule has 2 nitrogen and oxygen atoms in total. The Morgan fingerprint density at radius 2 is 2.35 bits per heavy atom. The Bertz CT molecular complexity index is 410. The fourth-order valence-corrected chi connectivity index (χ4v) is 2.24. The van der Waals surface area contributed by atoms with E-state index in [0.29, 0.717) is 12.0 Å². The minimum Gasteiger partial charge on any atom is -0.472 e. The molecule has 0 bridgehead atoms. The van der Waals surface area contributed by atoms with Gasteiger partial charge in [-0.3, -0.25) is 4.99 Å². The van der Waals surface area contributed by atoms with Crippen molar-refractivity contribution in [1.29, 1.82) is 0 Å². The summed E-state index contributed by atoms with van der Waals surface area (Å²) in [5.41, 5.74) is 3.74. The molecule has 0 aromatic carbocycles. The summed E-state index contributed by atoms with van der Waals surface area (Å²) in [7, 11) is 0. The van der Waals surface area contributed by atoms with Crippen molar-refractivity contribution in [2.24, 2.45) is 10.9 Å². The third-order valence-corrected chi connectivity index (χ3v) is 3.44. The van der Waals surface area contributed by atoms with Crippen LogP contribution in [0.5, 0.6) is 0 Å². The maximum Gasteiger partial charge on any atom is 0.0993 e. The summed E-state index contributed by atoms with van der Waals surface area (Å²) in [6, 6.07) is 2.44. The summed E-state index contributed by atoms with van der Waals surface area (Å²) >= 11 is 0. The van der Waals surface area contributed by atoms with Gasteiger partial charge in [0, 0.05) is 11.3 Å². The smallest absolute Gasteiger partial charge is 0.0993 e. The van der Waals surface area contributed by atoms with Crippen LogP contribution in [0.1, 0.15) is 45.6 Å². The zero-order chi connectivity index (χ0) is 12.3. The highest BCUT2D eigenvalue weighted by Crippen LogP contribution is 2.26. The molecule has 0 N–H and O–H groups in total. The lowest BCUT2D eigenvalue weighted by molar-refractivity contribution is 0.419. The zero-order valence-electron chi connectivity index (χ0n) is 10.9. The van der Waals surface area contributed by atoms with E-state index < -0.39 is 0 Å². The first-order valence-electron chi connectivity index (χ1n) is 6.39. The lowest BCUT2D eigenvalue weighted by Gasteiger charge is -2.25. The molecule has 92 valence electrons. The standard InChI is InChI=1S/C15H21NO/c1-11(2)4-6-14-12(3)5-7-15(16-14)13-8-9-17-10-13/h4,8-10,12,14H,5-7H2,1-3H3/t12-,14+/m1/s1. The highest BCUT2D eigenvalue weighted by atomic mass is 16.3. The average molecular weight is 231 g/mol. The van der Waals surface area contributed by atoms with Crippen LogP contribution in [0.25, 0.3) is 0 Å². The van der Waals surface area contributed by atoms with Crippen molar-refractivity contribution in [3.63, 3.8) is 0 Å². The molecule has 2 heteroatoms. The van der Waals surface area contributed by atoms with Crippen molar-refractivity contribution in [3.05, 3.63) is 35.8 Å². The monoisotopic (exact) mass is 231 g/mol. The number of rotatable bonds is 3. The van der Waals surface area contributed by atoms with Crippen molar-refractivity contribution < 1.29 is 4.42 Å². The van der Waals surface area contributed by atoms with E-state index in [2.05, 4.69) is 26.8 Å². The fourth-order valence-electron chi connectivity index (χ4n) is 2.24. The molecule has 0 spiro atoms. The number of furan rings is 1. The first-order valence-corrected chi connectivity index (χ1v) is 6.39. The van der Waals surface area contributed by atoms with Gasteiger partial charge < -0.3 is 4.42 Å². The third-order valence-electron chi connectivity index (χ3n) is 3.44. The minimum atomic E-state index is 0.434. The Kier molecular flexibility index (Phi) is 3.82. The second-order valence-electron chi connectivity index (χ2n) is 5.19. The number of aliphatic imine (C=N–C) groups is 1. The van der Waals surface area contributed by atoms with Gasteiger partial charge in [-0.1, -0.05) is 18.6 Å². The lowest BCUT2D eigenvalue weighted by atomic mass is 9.88. The van der Waals surface area contributed by atoms with Gasteiger partial charge in [0.05, 0.1) is 18.6 Å². The van der Waals surface area contributed by atoms with Crippen molar-refractivity contribution in [1.82, 2.24) is 0 Å². The number of allylic oxidation sites excluding steroid dienone is 1. The number of nitrogens with zero attached hydrogens (tertiary/aromatic N) is 1. The summed E-state index contributed by atoms with van der Waals surface area (Å²) in [4.78, 5) is 4.89. The molecule has 0 fully saturated rings.